The Labute approximate surface area is 128 Å². The molecule has 20 heavy (non-hydrogen) atoms. The first kappa shape index (κ1) is 14.0. The molecule has 1 aliphatic heterocycles. The molecule has 0 saturated carbocycles. The lowest BCUT2D eigenvalue weighted by molar-refractivity contribution is 0.133. The number of rotatable bonds is 4. The van der Waals surface area contributed by atoms with E-state index < -0.39 is 0 Å². The monoisotopic (exact) mass is 333 g/mol. The molecular weight excluding hydrogens is 314 g/mol. The number of fused-ring (bicyclic) bond motifs is 1. The third kappa shape index (κ3) is 3.19. The maximum atomic E-state index is 4.55. The van der Waals surface area contributed by atoms with Crippen molar-refractivity contribution >= 4 is 26.8 Å². The molecule has 3 rings (SSSR count). The third-order valence-electron chi connectivity index (χ3n) is 3.98. The fraction of sp³-hybridized carbons (Fsp3) is 0.438. The van der Waals surface area contributed by atoms with Gasteiger partial charge in [-0.3, -0.25) is 14.8 Å². The van der Waals surface area contributed by atoms with Gasteiger partial charge in [-0.1, -0.05) is 40.2 Å². The van der Waals surface area contributed by atoms with E-state index in [0.717, 1.165) is 37.0 Å². The average Bonchev–Trinajstić information content (AvgIpc) is 2.50. The van der Waals surface area contributed by atoms with Crippen LogP contribution in [-0.2, 0) is 6.54 Å². The van der Waals surface area contributed by atoms with Crippen molar-refractivity contribution in [3.05, 3.63) is 42.1 Å². The molecule has 1 fully saturated rings. The number of alkyl halides is 1. The summed E-state index contributed by atoms with van der Waals surface area (Å²) in [7, 11) is 0. The molecule has 3 nitrogen and oxygen atoms in total. The van der Waals surface area contributed by atoms with E-state index in [1.807, 2.05) is 12.3 Å². The summed E-state index contributed by atoms with van der Waals surface area (Å²) in [5, 5.41) is 2.31. The molecular formula is C16H20BrN3. The number of nitrogens with zero attached hydrogens (tertiary/aromatic N) is 3. The van der Waals surface area contributed by atoms with Crippen molar-refractivity contribution in [2.75, 3.05) is 38.1 Å². The van der Waals surface area contributed by atoms with Gasteiger partial charge in [0.05, 0.1) is 5.52 Å². The molecule has 2 heterocycles. The molecule has 0 bridgehead atoms. The summed E-state index contributed by atoms with van der Waals surface area (Å²) >= 11 is 3.52. The second kappa shape index (κ2) is 6.66. The van der Waals surface area contributed by atoms with Crippen LogP contribution in [-0.4, -0.2) is 52.8 Å². The Morgan fingerprint density at radius 2 is 1.75 bits per heavy atom. The number of aromatic nitrogens is 1. The standard InChI is InChI=1S/C16H20BrN3/c17-6-8-19-9-11-20(12-10-19)13-15-4-1-3-14-5-2-7-18-16(14)15/h1-5,7H,6,8-13H2. The van der Waals surface area contributed by atoms with Crippen molar-refractivity contribution in [3.8, 4) is 0 Å². The average molecular weight is 334 g/mol. The van der Waals surface area contributed by atoms with Crippen LogP contribution in [0.15, 0.2) is 36.5 Å². The van der Waals surface area contributed by atoms with Crippen LogP contribution < -0.4 is 0 Å². The van der Waals surface area contributed by atoms with E-state index >= 15 is 0 Å². The number of halogens is 1. The van der Waals surface area contributed by atoms with Gasteiger partial charge < -0.3 is 0 Å². The summed E-state index contributed by atoms with van der Waals surface area (Å²) in [5.74, 6) is 0. The number of piperazine rings is 1. The Hall–Kier alpha value is -0.970. The normalized spacial score (nSPS) is 17.6. The van der Waals surface area contributed by atoms with E-state index in [9.17, 15) is 0 Å². The molecule has 0 N–H and O–H groups in total. The van der Waals surface area contributed by atoms with Crippen LogP contribution in [0.25, 0.3) is 10.9 Å². The number of hydrogen-bond donors (Lipinski definition) is 0. The highest BCUT2D eigenvalue weighted by molar-refractivity contribution is 9.09. The molecule has 0 atom stereocenters. The SMILES string of the molecule is BrCCN1CCN(Cc2cccc3cccnc23)CC1. The lowest BCUT2D eigenvalue weighted by Crippen LogP contribution is -2.46. The van der Waals surface area contributed by atoms with Crippen LogP contribution >= 0.6 is 15.9 Å². The molecule has 1 aromatic heterocycles. The first-order valence-electron chi connectivity index (χ1n) is 7.20. The van der Waals surface area contributed by atoms with E-state index in [2.05, 4.69) is 55.0 Å². The first-order valence-corrected chi connectivity index (χ1v) is 8.32. The summed E-state index contributed by atoms with van der Waals surface area (Å²) in [5.41, 5.74) is 2.50. The van der Waals surface area contributed by atoms with Crippen LogP contribution in [0.1, 0.15) is 5.56 Å². The van der Waals surface area contributed by atoms with E-state index in [-0.39, 0.29) is 0 Å². The Morgan fingerprint density at radius 1 is 1.00 bits per heavy atom. The lowest BCUT2D eigenvalue weighted by atomic mass is 10.1. The Morgan fingerprint density at radius 3 is 2.55 bits per heavy atom. The van der Waals surface area contributed by atoms with Crippen LogP contribution in [0.3, 0.4) is 0 Å². The minimum Gasteiger partial charge on any atom is -0.300 e. The fourth-order valence-electron chi connectivity index (χ4n) is 2.83. The van der Waals surface area contributed by atoms with Crippen molar-refractivity contribution in [3.63, 3.8) is 0 Å². The molecule has 1 aromatic carbocycles. The van der Waals surface area contributed by atoms with Gasteiger partial charge in [0.25, 0.3) is 0 Å². The summed E-state index contributed by atoms with van der Waals surface area (Å²) in [6, 6.07) is 10.6. The van der Waals surface area contributed by atoms with Crippen molar-refractivity contribution in [2.24, 2.45) is 0 Å². The quantitative estimate of drug-likeness (QED) is 0.802. The van der Waals surface area contributed by atoms with Crippen molar-refractivity contribution in [2.45, 2.75) is 6.54 Å². The second-order valence-electron chi connectivity index (χ2n) is 5.30. The molecule has 0 radical (unpaired) electrons. The zero-order chi connectivity index (χ0) is 13.8. The van der Waals surface area contributed by atoms with Gasteiger partial charge in [-0.2, -0.15) is 0 Å². The molecule has 4 heteroatoms. The van der Waals surface area contributed by atoms with Crippen molar-refractivity contribution in [1.82, 2.24) is 14.8 Å². The van der Waals surface area contributed by atoms with Crippen LogP contribution in [0.5, 0.6) is 0 Å². The summed E-state index contributed by atoms with van der Waals surface area (Å²) in [6.45, 7) is 6.81. The summed E-state index contributed by atoms with van der Waals surface area (Å²) < 4.78 is 0. The largest absolute Gasteiger partial charge is 0.300 e. The Balaban J connectivity index is 1.68. The van der Waals surface area contributed by atoms with Gasteiger partial charge in [0.2, 0.25) is 0 Å². The van der Waals surface area contributed by atoms with E-state index in [4.69, 9.17) is 0 Å². The third-order valence-corrected chi connectivity index (χ3v) is 4.33. The van der Waals surface area contributed by atoms with Gasteiger partial charge in [-0.05, 0) is 11.6 Å². The van der Waals surface area contributed by atoms with Crippen LogP contribution in [0.2, 0.25) is 0 Å². The molecule has 0 unspecified atom stereocenters. The molecule has 106 valence electrons. The second-order valence-corrected chi connectivity index (χ2v) is 6.09. The van der Waals surface area contributed by atoms with Gasteiger partial charge in [0.1, 0.15) is 0 Å². The van der Waals surface area contributed by atoms with E-state index in [1.165, 1.54) is 24.0 Å². The molecule has 1 aliphatic rings. The van der Waals surface area contributed by atoms with Gasteiger partial charge in [0, 0.05) is 56.2 Å². The van der Waals surface area contributed by atoms with Crippen LogP contribution in [0, 0.1) is 0 Å². The van der Waals surface area contributed by atoms with Gasteiger partial charge >= 0.3 is 0 Å². The highest BCUT2D eigenvalue weighted by Gasteiger charge is 2.17. The zero-order valence-corrected chi connectivity index (χ0v) is 13.2. The number of benzene rings is 1. The smallest absolute Gasteiger partial charge is 0.0746 e. The summed E-state index contributed by atoms with van der Waals surface area (Å²) in [6.07, 6.45) is 1.89. The minimum absolute atomic E-state index is 1.01. The predicted octanol–water partition coefficient (Wildman–Crippen LogP) is 2.75. The molecule has 0 aliphatic carbocycles. The van der Waals surface area contributed by atoms with Gasteiger partial charge in [-0.25, -0.2) is 0 Å². The van der Waals surface area contributed by atoms with Crippen molar-refractivity contribution < 1.29 is 0 Å². The lowest BCUT2D eigenvalue weighted by Gasteiger charge is -2.34. The topological polar surface area (TPSA) is 19.4 Å². The Kier molecular flexibility index (Phi) is 4.65. The van der Waals surface area contributed by atoms with Gasteiger partial charge in [0.15, 0.2) is 0 Å². The fourth-order valence-corrected chi connectivity index (χ4v) is 3.33. The molecule has 0 amide bonds. The Bertz CT molecular complexity index is 559. The molecule has 0 spiro atoms. The number of pyridine rings is 1. The first-order chi connectivity index (χ1) is 9.86. The van der Waals surface area contributed by atoms with E-state index in [0.29, 0.717) is 0 Å². The summed E-state index contributed by atoms with van der Waals surface area (Å²) in [4.78, 5) is 9.60. The number of hydrogen-bond acceptors (Lipinski definition) is 3. The van der Waals surface area contributed by atoms with Crippen LogP contribution in [0.4, 0.5) is 0 Å². The predicted molar refractivity (Wildman–Crippen MR) is 87.3 cm³/mol. The van der Waals surface area contributed by atoms with Crippen molar-refractivity contribution in [1.29, 1.82) is 0 Å². The van der Waals surface area contributed by atoms with E-state index in [1.54, 1.807) is 0 Å². The molecule has 2 aromatic rings. The molecule has 1 saturated heterocycles. The maximum absolute atomic E-state index is 4.55. The zero-order valence-electron chi connectivity index (χ0n) is 11.6. The highest BCUT2D eigenvalue weighted by Crippen LogP contribution is 2.18. The highest BCUT2D eigenvalue weighted by atomic mass is 79.9. The maximum Gasteiger partial charge on any atom is 0.0746 e. The minimum atomic E-state index is 1.01. The number of para-hydroxylation sites is 1. The van der Waals surface area contributed by atoms with Gasteiger partial charge in [-0.15, -0.1) is 0 Å².